The summed E-state index contributed by atoms with van der Waals surface area (Å²) in [4.78, 5) is 13.9. The van der Waals surface area contributed by atoms with E-state index in [1.54, 1.807) is 0 Å². The fourth-order valence-corrected chi connectivity index (χ4v) is 2.64. The van der Waals surface area contributed by atoms with Crippen LogP contribution in [0.2, 0.25) is 0 Å². The van der Waals surface area contributed by atoms with Crippen LogP contribution in [0.25, 0.3) is 0 Å². The molecule has 4 heteroatoms. The van der Waals surface area contributed by atoms with Gasteiger partial charge in [-0.1, -0.05) is 28.9 Å². The molecule has 3 nitrogen and oxygen atoms in total. The van der Waals surface area contributed by atoms with Crippen molar-refractivity contribution in [3.63, 3.8) is 0 Å². The van der Waals surface area contributed by atoms with Gasteiger partial charge in [-0.2, -0.15) is 0 Å². The molecule has 0 bridgehead atoms. The first-order valence-electron chi connectivity index (χ1n) is 6.73. The van der Waals surface area contributed by atoms with Gasteiger partial charge in [0.1, 0.15) is 0 Å². The molecule has 1 aromatic carbocycles. The SMILES string of the molecule is CCN(Cc1ccc(C(=O)OC)cc1Br)CC1CC1. The predicted molar refractivity (Wildman–Crippen MR) is 79.2 cm³/mol. The highest BCUT2D eigenvalue weighted by molar-refractivity contribution is 9.10. The summed E-state index contributed by atoms with van der Waals surface area (Å²) < 4.78 is 5.70. The Morgan fingerprint density at radius 2 is 2.21 bits per heavy atom. The minimum absolute atomic E-state index is 0.294. The van der Waals surface area contributed by atoms with Crippen LogP contribution >= 0.6 is 15.9 Å². The molecule has 0 amide bonds. The van der Waals surface area contributed by atoms with E-state index in [9.17, 15) is 4.79 Å². The van der Waals surface area contributed by atoms with E-state index in [1.807, 2.05) is 18.2 Å². The standard InChI is InChI=1S/C15H20BrNO2/c1-3-17(9-11-4-5-11)10-13-7-6-12(8-14(13)16)15(18)19-2/h6-8,11H,3-5,9-10H2,1-2H3. The Balaban J connectivity index is 2.04. The highest BCUT2D eigenvalue weighted by atomic mass is 79.9. The Morgan fingerprint density at radius 3 is 2.74 bits per heavy atom. The lowest BCUT2D eigenvalue weighted by Crippen LogP contribution is -2.25. The number of carbonyl (C=O) groups excluding carboxylic acids is 1. The van der Waals surface area contributed by atoms with Crippen LogP contribution < -0.4 is 0 Å². The molecule has 1 aromatic rings. The van der Waals surface area contributed by atoms with Crippen LogP contribution in [-0.2, 0) is 11.3 Å². The Labute approximate surface area is 123 Å². The summed E-state index contributed by atoms with van der Waals surface area (Å²) in [6.45, 7) is 5.36. The van der Waals surface area contributed by atoms with Crippen molar-refractivity contribution in [2.45, 2.75) is 26.3 Å². The number of esters is 1. The van der Waals surface area contributed by atoms with Crippen molar-refractivity contribution in [3.05, 3.63) is 33.8 Å². The first kappa shape index (κ1) is 14.5. The molecule has 19 heavy (non-hydrogen) atoms. The van der Waals surface area contributed by atoms with Crippen molar-refractivity contribution < 1.29 is 9.53 Å². The number of carbonyl (C=O) groups is 1. The van der Waals surface area contributed by atoms with Crippen molar-refractivity contribution in [1.82, 2.24) is 4.90 Å². The van der Waals surface area contributed by atoms with Gasteiger partial charge in [0.15, 0.2) is 0 Å². The summed E-state index contributed by atoms with van der Waals surface area (Å²) in [7, 11) is 1.40. The third-order valence-corrected chi connectivity index (χ3v) is 4.27. The Kier molecular flexibility index (Phi) is 4.99. The minimum Gasteiger partial charge on any atom is -0.465 e. The van der Waals surface area contributed by atoms with Gasteiger partial charge in [-0.3, -0.25) is 4.90 Å². The summed E-state index contributed by atoms with van der Waals surface area (Å²) in [6.07, 6.45) is 2.75. The number of hydrogen-bond donors (Lipinski definition) is 0. The number of benzene rings is 1. The smallest absolute Gasteiger partial charge is 0.337 e. The van der Waals surface area contributed by atoms with E-state index in [2.05, 4.69) is 27.8 Å². The summed E-state index contributed by atoms with van der Waals surface area (Å²) in [5, 5.41) is 0. The van der Waals surface area contributed by atoms with Crippen LogP contribution in [-0.4, -0.2) is 31.1 Å². The van der Waals surface area contributed by atoms with E-state index in [0.29, 0.717) is 5.56 Å². The van der Waals surface area contributed by atoms with Crippen molar-refractivity contribution in [1.29, 1.82) is 0 Å². The molecule has 1 fully saturated rings. The van der Waals surface area contributed by atoms with Crippen molar-refractivity contribution >= 4 is 21.9 Å². The van der Waals surface area contributed by atoms with Crippen LogP contribution in [0.15, 0.2) is 22.7 Å². The zero-order valence-corrected chi connectivity index (χ0v) is 13.1. The Hall–Kier alpha value is -0.870. The zero-order valence-electron chi connectivity index (χ0n) is 11.5. The second-order valence-corrected chi connectivity index (χ2v) is 5.92. The average Bonchev–Trinajstić information content (AvgIpc) is 3.23. The predicted octanol–water partition coefficient (Wildman–Crippen LogP) is 3.47. The van der Waals surface area contributed by atoms with Crippen molar-refractivity contribution in [2.24, 2.45) is 5.92 Å². The van der Waals surface area contributed by atoms with E-state index in [0.717, 1.165) is 23.5 Å². The minimum atomic E-state index is -0.294. The third-order valence-electron chi connectivity index (χ3n) is 3.53. The molecular formula is C15H20BrNO2. The van der Waals surface area contributed by atoms with Gasteiger partial charge in [0.05, 0.1) is 12.7 Å². The van der Waals surface area contributed by atoms with Gasteiger partial charge in [-0.05, 0) is 43.0 Å². The molecular weight excluding hydrogens is 306 g/mol. The lowest BCUT2D eigenvalue weighted by Gasteiger charge is -2.21. The van der Waals surface area contributed by atoms with E-state index in [-0.39, 0.29) is 5.97 Å². The quantitative estimate of drug-likeness (QED) is 0.750. The summed E-state index contributed by atoms with van der Waals surface area (Å²) >= 11 is 3.55. The number of nitrogens with zero attached hydrogens (tertiary/aromatic N) is 1. The molecule has 1 saturated carbocycles. The van der Waals surface area contributed by atoms with Gasteiger partial charge in [0.2, 0.25) is 0 Å². The third kappa shape index (κ3) is 4.05. The number of hydrogen-bond acceptors (Lipinski definition) is 3. The lowest BCUT2D eigenvalue weighted by molar-refractivity contribution is 0.0600. The lowest BCUT2D eigenvalue weighted by atomic mass is 10.1. The monoisotopic (exact) mass is 325 g/mol. The first-order valence-corrected chi connectivity index (χ1v) is 7.52. The van der Waals surface area contributed by atoms with E-state index >= 15 is 0 Å². The molecule has 0 unspecified atom stereocenters. The van der Waals surface area contributed by atoms with Crippen LogP contribution in [0.5, 0.6) is 0 Å². The molecule has 0 radical (unpaired) electrons. The molecule has 0 aliphatic heterocycles. The van der Waals surface area contributed by atoms with Crippen LogP contribution in [0.1, 0.15) is 35.7 Å². The van der Waals surface area contributed by atoms with Gasteiger partial charge < -0.3 is 4.74 Å². The largest absolute Gasteiger partial charge is 0.465 e. The molecule has 0 aromatic heterocycles. The van der Waals surface area contributed by atoms with Crippen LogP contribution in [0, 0.1) is 5.92 Å². The number of methoxy groups -OCH3 is 1. The molecule has 0 saturated heterocycles. The topological polar surface area (TPSA) is 29.5 Å². The van der Waals surface area contributed by atoms with Crippen molar-refractivity contribution in [3.8, 4) is 0 Å². The number of ether oxygens (including phenoxy) is 1. The van der Waals surface area contributed by atoms with Crippen LogP contribution in [0.4, 0.5) is 0 Å². The molecule has 2 rings (SSSR count). The van der Waals surface area contributed by atoms with Crippen molar-refractivity contribution in [2.75, 3.05) is 20.2 Å². The molecule has 1 aliphatic carbocycles. The Bertz CT molecular complexity index is 457. The second kappa shape index (κ2) is 6.53. The van der Waals surface area contributed by atoms with Gasteiger partial charge in [-0.25, -0.2) is 4.79 Å². The van der Waals surface area contributed by atoms with E-state index in [1.165, 1.54) is 32.1 Å². The number of halogens is 1. The maximum absolute atomic E-state index is 11.5. The summed E-state index contributed by atoms with van der Waals surface area (Å²) in [5.41, 5.74) is 1.80. The molecule has 104 valence electrons. The molecule has 0 atom stereocenters. The summed E-state index contributed by atoms with van der Waals surface area (Å²) in [5.74, 6) is 0.602. The van der Waals surface area contributed by atoms with Gasteiger partial charge in [0.25, 0.3) is 0 Å². The van der Waals surface area contributed by atoms with Gasteiger partial charge in [0, 0.05) is 17.6 Å². The average molecular weight is 326 g/mol. The maximum Gasteiger partial charge on any atom is 0.337 e. The van der Waals surface area contributed by atoms with Gasteiger partial charge >= 0.3 is 5.97 Å². The molecule has 0 spiro atoms. The van der Waals surface area contributed by atoms with Gasteiger partial charge in [-0.15, -0.1) is 0 Å². The summed E-state index contributed by atoms with van der Waals surface area (Å²) in [6, 6.07) is 5.68. The van der Waals surface area contributed by atoms with Crippen LogP contribution in [0.3, 0.4) is 0 Å². The highest BCUT2D eigenvalue weighted by Crippen LogP contribution is 2.30. The molecule has 0 N–H and O–H groups in total. The highest BCUT2D eigenvalue weighted by Gasteiger charge is 2.23. The normalized spacial score (nSPS) is 14.7. The number of rotatable bonds is 6. The molecule has 0 heterocycles. The maximum atomic E-state index is 11.5. The Morgan fingerprint density at radius 1 is 1.47 bits per heavy atom. The first-order chi connectivity index (χ1) is 9.13. The fourth-order valence-electron chi connectivity index (χ4n) is 2.13. The fraction of sp³-hybridized carbons (Fsp3) is 0.533. The zero-order chi connectivity index (χ0) is 13.8. The second-order valence-electron chi connectivity index (χ2n) is 5.07. The van der Waals surface area contributed by atoms with E-state index in [4.69, 9.17) is 4.74 Å². The molecule has 1 aliphatic rings. The van der Waals surface area contributed by atoms with E-state index < -0.39 is 0 Å².